The second-order valence-corrected chi connectivity index (χ2v) is 9.04. The van der Waals surface area contributed by atoms with Gasteiger partial charge in [-0.15, -0.1) is 11.3 Å². The molecule has 0 bridgehead atoms. The number of para-hydroxylation sites is 1. The number of benzene rings is 2. The first kappa shape index (κ1) is 21.8. The fourth-order valence-electron chi connectivity index (χ4n) is 3.84. The van der Waals surface area contributed by atoms with E-state index in [2.05, 4.69) is 5.32 Å². The van der Waals surface area contributed by atoms with E-state index in [1.54, 1.807) is 11.4 Å². The Balaban J connectivity index is 1.74. The van der Waals surface area contributed by atoms with Crippen molar-refractivity contribution in [3.8, 4) is 0 Å². The number of fused-ring (bicyclic) bond motifs is 1. The summed E-state index contributed by atoms with van der Waals surface area (Å²) in [7, 11) is 0. The molecule has 0 saturated heterocycles. The molecule has 0 unspecified atom stereocenters. The summed E-state index contributed by atoms with van der Waals surface area (Å²) >= 11 is 1.28. The first-order valence-corrected chi connectivity index (χ1v) is 11.3. The van der Waals surface area contributed by atoms with Crippen molar-refractivity contribution in [2.45, 2.75) is 40.8 Å². The van der Waals surface area contributed by atoms with Gasteiger partial charge in [-0.05, 0) is 67.0 Å². The highest BCUT2D eigenvalue weighted by Crippen LogP contribution is 2.20. The van der Waals surface area contributed by atoms with E-state index in [4.69, 9.17) is 0 Å². The van der Waals surface area contributed by atoms with E-state index in [0.29, 0.717) is 10.2 Å². The van der Waals surface area contributed by atoms with Gasteiger partial charge >= 0.3 is 5.69 Å². The number of carbonyl (C=O) groups excluding carboxylic acids is 1. The summed E-state index contributed by atoms with van der Waals surface area (Å²) in [5.41, 5.74) is 5.43. The molecule has 4 rings (SSSR count). The topological polar surface area (TPSA) is 73.1 Å². The van der Waals surface area contributed by atoms with Crippen LogP contribution in [0.25, 0.3) is 10.2 Å². The third kappa shape index (κ3) is 4.03. The number of anilines is 1. The van der Waals surface area contributed by atoms with Gasteiger partial charge in [0.1, 0.15) is 11.2 Å². The number of hydrogen-bond donors (Lipinski definition) is 1. The smallest absolute Gasteiger partial charge is 0.324 e. The highest BCUT2D eigenvalue weighted by Gasteiger charge is 2.17. The summed E-state index contributed by atoms with van der Waals surface area (Å²) in [5.74, 6) is -0.312. The van der Waals surface area contributed by atoms with Gasteiger partial charge in [-0.25, -0.2) is 4.79 Å². The van der Waals surface area contributed by atoms with Crippen LogP contribution < -0.4 is 16.6 Å². The molecule has 2 heterocycles. The number of rotatable bonds is 5. The van der Waals surface area contributed by atoms with Gasteiger partial charge < -0.3 is 5.32 Å². The monoisotopic (exact) mass is 447 g/mol. The largest absolute Gasteiger partial charge is 0.332 e. The van der Waals surface area contributed by atoms with Crippen molar-refractivity contribution in [1.82, 2.24) is 9.13 Å². The van der Waals surface area contributed by atoms with Crippen LogP contribution in [0, 0.1) is 27.7 Å². The van der Waals surface area contributed by atoms with Crippen LogP contribution in [-0.4, -0.2) is 15.0 Å². The standard InChI is InChI=1S/C25H25N3O3S/c1-15-8-9-19(12-18(15)4)13-28-24(30)23-20(10-11-32-23)27(25(28)31)14-21(29)26-22-16(2)6-5-7-17(22)3/h5-12H,13-14H2,1-4H3,(H,26,29). The minimum Gasteiger partial charge on any atom is -0.324 e. The van der Waals surface area contributed by atoms with Crippen LogP contribution in [0.3, 0.4) is 0 Å². The van der Waals surface area contributed by atoms with Crippen LogP contribution in [0.1, 0.15) is 27.8 Å². The van der Waals surface area contributed by atoms with Crippen molar-refractivity contribution < 1.29 is 4.79 Å². The summed E-state index contributed by atoms with van der Waals surface area (Å²) in [6, 6.07) is 13.4. The minimum absolute atomic E-state index is 0.158. The van der Waals surface area contributed by atoms with Crippen molar-refractivity contribution in [2.24, 2.45) is 0 Å². The Morgan fingerprint density at radius 1 is 0.906 bits per heavy atom. The van der Waals surface area contributed by atoms with Crippen LogP contribution in [0.5, 0.6) is 0 Å². The molecule has 0 aliphatic rings. The molecule has 0 fully saturated rings. The second kappa shape index (κ2) is 8.59. The highest BCUT2D eigenvalue weighted by atomic mass is 32.1. The maximum atomic E-state index is 13.3. The van der Waals surface area contributed by atoms with Crippen molar-refractivity contribution >= 4 is 33.1 Å². The molecule has 2 aromatic carbocycles. The molecule has 4 aromatic rings. The SMILES string of the molecule is Cc1ccc(Cn2c(=O)c3sccc3n(CC(=O)Nc3c(C)cccc3C)c2=O)cc1C. The fraction of sp³-hybridized carbons (Fsp3) is 0.240. The molecule has 164 valence electrons. The average molecular weight is 448 g/mol. The van der Waals surface area contributed by atoms with Crippen LogP contribution in [0.4, 0.5) is 5.69 Å². The Morgan fingerprint density at radius 2 is 1.62 bits per heavy atom. The van der Waals surface area contributed by atoms with E-state index < -0.39 is 5.69 Å². The van der Waals surface area contributed by atoms with Gasteiger partial charge in [0.15, 0.2) is 0 Å². The maximum Gasteiger partial charge on any atom is 0.332 e. The van der Waals surface area contributed by atoms with E-state index in [-0.39, 0.29) is 24.6 Å². The van der Waals surface area contributed by atoms with Crippen LogP contribution >= 0.6 is 11.3 Å². The zero-order valence-electron chi connectivity index (χ0n) is 18.6. The molecule has 0 radical (unpaired) electrons. The molecule has 7 heteroatoms. The van der Waals surface area contributed by atoms with E-state index in [1.807, 2.05) is 64.1 Å². The Kier molecular flexibility index (Phi) is 5.84. The lowest BCUT2D eigenvalue weighted by atomic mass is 10.1. The summed E-state index contributed by atoms with van der Waals surface area (Å²) in [4.78, 5) is 39.3. The second-order valence-electron chi connectivity index (χ2n) is 8.13. The molecule has 0 aliphatic carbocycles. The van der Waals surface area contributed by atoms with E-state index >= 15 is 0 Å². The molecular weight excluding hydrogens is 422 g/mol. The zero-order chi connectivity index (χ0) is 23.0. The van der Waals surface area contributed by atoms with Crippen molar-refractivity contribution in [3.63, 3.8) is 0 Å². The Bertz CT molecular complexity index is 1440. The lowest BCUT2D eigenvalue weighted by Crippen LogP contribution is -2.41. The Morgan fingerprint density at radius 3 is 2.31 bits per heavy atom. The number of carbonyl (C=O) groups is 1. The zero-order valence-corrected chi connectivity index (χ0v) is 19.4. The van der Waals surface area contributed by atoms with Gasteiger partial charge in [0.05, 0.1) is 12.1 Å². The number of nitrogens with zero attached hydrogens (tertiary/aromatic N) is 2. The average Bonchev–Trinajstić information content (AvgIpc) is 3.24. The highest BCUT2D eigenvalue weighted by molar-refractivity contribution is 7.17. The third-order valence-electron chi connectivity index (χ3n) is 5.80. The van der Waals surface area contributed by atoms with Crippen molar-refractivity contribution in [3.05, 3.63) is 96.5 Å². The van der Waals surface area contributed by atoms with E-state index in [0.717, 1.165) is 33.5 Å². The molecule has 2 aromatic heterocycles. The van der Waals surface area contributed by atoms with Gasteiger partial charge in [0.25, 0.3) is 5.56 Å². The molecular formula is C25H25N3O3S. The lowest BCUT2D eigenvalue weighted by molar-refractivity contribution is -0.116. The van der Waals surface area contributed by atoms with Gasteiger partial charge in [-0.3, -0.25) is 18.7 Å². The maximum absolute atomic E-state index is 13.3. The molecule has 0 spiro atoms. The van der Waals surface area contributed by atoms with Gasteiger partial charge in [-0.1, -0.05) is 36.4 Å². The Hall–Kier alpha value is -3.45. The van der Waals surface area contributed by atoms with E-state index in [9.17, 15) is 14.4 Å². The van der Waals surface area contributed by atoms with E-state index in [1.165, 1.54) is 20.5 Å². The summed E-state index contributed by atoms with van der Waals surface area (Å²) in [6.07, 6.45) is 0. The van der Waals surface area contributed by atoms with Crippen molar-refractivity contribution in [1.29, 1.82) is 0 Å². The molecule has 32 heavy (non-hydrogen) atoms. The van der Waals surface area contributed by atoms with Crippen LogP contribution in [-0.2, 0) is 17.9 Å². The van der Waals surface area contributed by atoms with Gasteiger partial charge in [0.2, 0.25) is 5.91 Å². The molecule has 0 aliphatic heterocycles. The molecule has 6 nitrogen and oxygen atoms in total. The summed E-state index contributed by atoms with van der Waals surface area (Å²) < 4.78 is 3.07. The molecule has 1 N–H and O–H groups in total. The molecule has 1 amide bonds. The number of aryl methyl sites for hydroxylation is 4. The van der Waals surface area contributed by atoms with Crippen LogP contribution in [0.15, 0.2) is 57.4 Å². The first-order valence-electron chi connectivity index (χ1n) is 10.4. The van der Waals surface area contributed by atoms with Gasteiger partial charge in [0, 0.05) is 5.69 Å². The summed E-state index contributed by atoms with van der Waals surface area (Å²) in [6.45, 7) is 7.86. The molecule has 0 saturated carbocycles. The third-order valence-corrected chi connectivity index (χ3v) is 6.69. The number of hydrogen-bond acceptors (Lipinski definition) is 4. The summed E-state index contributed by atoms with van der Waals surface area (Å²) in [5, 5.41) is 4.70. The first-order chi connectivity index (χ1) is 15.3. The fourth-order valence-corrected chi connectivity index (χ4v) is 4.69. The van der Waals surface area contributed by atoms with Crippen LogP contribution in [0.2, 0.25) is 0 Å². The number of thiophene rings is 1. The number of amides is 1. The quantitative estimate of drug-likeness (QED) is 0.500. The predicted octanol–water partition coefficient (Wildman–Crippen LogP) is 4.15. The minimum atomic E-state index is -0.490. The van der Waals surface area contributed by atoms with Gasteiger partial charge in [-0.2, -0.15) is 0 Å². The Labute approximate surface area is 189 Å². The van der Waals surface area contributed by atoms with Crippen molar-refractivity contribution in [2.75, 3.05) is 5.32 Å². The normalized spacial score (nSPS) is 11.1. The molecule has 0 atom stereocenters. The number of aromatic nitrogens is 2. The predicted molar refractivity (Wildman–Crippen MR) is 130 cm³/mol. The number of nitrogens with one attached hydrogen (secondary N) is 1. The lowest BCUT2D eigenvalue weighted by Gasteiger charge is -2.15.